The fraction of sp³-hybridized carbons (Fsp3) is 0.357. The van der Waals surface area contributed by atoms with Crippen LogP contribution in [0.15, 0.2) is 78.9 Å². The van der Waals surface area contributed by atoms with Crippen molar-refractivity contribution in [2.45, 2.75) is 44.1 Å². The molecule has 3 aromatic rings. The first-order valence-electron chi connectivity index (χ1n) is 11.4. The second-order valence-corrected chi connectivity index (χ2v) is 9.34. The molecule has 0 spiro atoms. The van der Waals surface area contributed by atoms with Gasteiger partial charge in [0.1, 0.15) is 0 Å². The fourth-order valence-corrected chi connectivity index (χ4v) is 4.94. The third-order valence-electron chi connectivity index (χ3n) is 6.68. The molecule has 0 saturated carbocycles. The topological polar surface area (TPSA) is 23.5 Å². The number of hydrogen-bond acceptors (Lipinski definition) is 2. The standard InChI is InChI=1S/C28H32ClNO.ClH/c1-22-7-5-10-24(21-22)27(23-8-3-2-4-9-23)11-6-18-30-19-16-28(31,17-20-30)25-12-14-26(29)15-13-25;/h2-5,7-10,12-15,21,27,31H,6,11,16-20H2,1H3;1H. The van der Waals surface area contributed by atoms with E-state index in [2.05, 4.69) is 66.4 Å². The number of piperidine rings is 1. The Hall–Kier alpha value is -1.84. The lowest BCUT2D eigenvalue weighted by Gasteiger charge is -2.38. The molecule has 1 fully saturated rings. The third-order valence-corrected chi connectivity index (χ3v) is 6.93. The summed E-state index contributed by atoms with van der Waals surface area (Å²) >= 11 is 6.01. The van der Waals surface area contributed by atoms with E-state index >= 15 is 0 Å². The van der Waals surface area contributed by atoms with E-state index in [1.807, 2.05) is 24.3 Å². The smallest absolute Gasteiger partial charge is 0.0920 e. The van der Waals surface area contributed by atoms with E-state index in [0.717, 1.165) is 50.9 Å². The van der Waals surface area contributed by atoms with Gasteiger partial charge in [0, 0.05) is 24.0 Å². The maximum Gasteiger partial charge on any atom is 0.0920 e. The number of hydrogen-bond donors (Lipinski definition) is 1. The first-order chi connectivity index (χ1) is 15.0. The molecule has 3 aromatic carbocycles. The zero-order chi connectivity index (χ0) is 21.7. The molecule has 1 heterocycles. The van der Waals surface area contributed by atoms with Crippen molar-refractivity contribution in [2.75, 3.05) is 19.6 Å². The molecule has 1 N–H and O–H groups in total. The molecular weight excluding hydrogens is 437 g/mol. The summed E-state index contributed by atoms with van der Waals surface area (Å²) in [4.78, 5) is 2.50. The van der Waals surface area contributed by atoms with Crippen molar-refractivity contribution in [3.63, 3.8) is 0 Å². The zero-order valence-electron chi connectivity index (χ0n) is 18.7. The van der Waals surface area contributed by atoms with Gasteiger partial charge in [0.25, 0.3) is 0 Å². The van der Waals surface area contributed by atoms with Crippen LogP contribution in [0, 0.1) is 6.92 Å². The van der Waals surface area contributed by atoms with Crippen LogP contribution in [0.3, 0.4) is 0 Å². The van der Waals surface area contributed by atoms with Crippen LogP contribution in [0.2, 0.25) is 5.02 Å². The summed E-state index contributed by atoms with van der Waals surface area (Å²) in [6.07, 6.45) is 3.82. The number of halogens is 2. The number of benzene rings is 3. The van der Waals surface area contributed by atoms with Crippen LogP contribution in [-0.2, 0) is 5.60 Å². The monoisotopic (exact) mass is 469 g/mol. The summed E-state index contributed by atoms with van der Waals surface area (Å²) in [5, 5.41) is 11.8. The normalized spacial score (nSPS) is 16.8. The largest absolute Gasteiger partial charge is 0.385 e. The first kappa shape index (κ1) is 24.8. The summed E-state index contributed by atoms with van der Waals surface area (Å²) in [6.45, 7) is 5.10. The maximum absolute atomic E-state index is 11.1. The lowest BCUT2D eigenvalue weighted by molar-refractivity contribution is -0.0261. The average molecular weight is 470 g/mol. The van der Waals surface area contributed by atoms with Gasteiger partial charge in [-0.1, -0.05) is 83.9 Å². The minimum atomic E-state index is -0.727. The highest BCUT2D eigenvalue weighted by molar-refractivity contribution is 6.30. The minimum absolute atomic E-state index is 0. The van der Waals surface area contributed by atoms with Crippen LogP contribution < -0.4 is 0 Å². The summed E-state index contributed by atoms with van der Waals surface area (Å²) in [6, 6.07) is 27.5. The van der Waals surface area contributed by atoms with Gasteiger partial charge >= 0.3 is 0 Å². The summed E-state index contributed by atoms with van der Waals surface area (Å²) < 4.78 is 0. The first-order valence-corrected chi connectivity index (χ1v) is 11.7. The van der Waals surface area contributed by atoms with E-state index in [4.69, 9.17) is 11.6 Å². The molecule has 1 aliphatic rings. The quantitative estimate of drug-likeness (QED) is 0.403. The number of likely N-dealkylation sites (tertiary alicyclic amines) is 1. The molecule has 0 aliphatic carbocycles. The van der Waals surface area contributed by atoms with Gasteiger partial charge in [-0.2, -0.15) is 0 Å². The van der Waals surface area contributed by atoms with Crippen molar-refractivity contribution < 1.29 is 5.11 Å². The third kappa shape index (κ3) is 6.14. The summed E-state index contributed by atoms with van der Waals surface area (Å²) in [7, 11) is 0. The van der Waals surface area contributed by atoms with Crippen molar-refractivity contribution in [1.29, 1.82) is 0 Å². The van der Waals surface area contributed by atoms with Gasteiger partial charge in [-0.15, -0.1) is 12.4 Å². The molecular formula is C28H33Cl2NO. The highest BCUT2D eigenvalue weighted by atomic mass is 35.5. The van der Waals surface area contributed by atoms with Gasteiger partial charge in [-0.25, -0.2) is 0 Å². The maximum atomic E-state index is 11.1. The van der Waals surface area contributed by atoms with Crippen LogP contribution in [0.4, 0.5) is 0 Å². The molecule has 4 heteroatoms. The fourth-order valence-electron chi connectivity index (χ4n) is 4.81. The van der Waals surface area contributed by atoms with Crippen LogP contribution in [0.1, 0.15) is 53.9 Å². The molecule has 1 atom stereocenters. The molecule has 1 unspecified atom stereocenters. The molecule has 1 aliphatic heterocycles. The van der Waals surface area contributed by atoms with Crippen LogP contribution >= 0.6 is 24.0 Å². The second kappa shape index (κ2) is 11.3. The summed E-state index contributed by atoms with van der Waals surface area (Å²) in [5.74, 6) is 0.428. The SMILES string of the molecule is Cc1cccc(C(CCCN2CCC(O)(c3ccc(Cl)cc3)CC2)c2ccccc2)c1.Cl. The predicted molar refractivity (Wildman–Crippen MR) is 137 cm³/mol. The number of aliphatic hydroxyl groups is 1. The lowest BCUT2D eigenvalue weighted by atomic mass is 9.84. The number of rotatable bonds is 7. The van der Waals surface area contributed by atoms with Crippen molar-refractivity contribution in [3.05, 3.63) is 106 Å². The van der Waals surface area contributed by atoms with Gasteiger partial charge in [-0.3, -0.25) is 0 Å². The van der Waals surface area contributed by atoms with E-state index in [0.29, 0.717) is 10.9 Å². The Bertz CT molecular complexity index is 966. The molecule has 0 bridgehead atoms. The Balaban J connectivity index is 0.00000289. The molecule has 0 radical (unpaired) electrons. The average Bonchev–Trinajstić information content (AvgIpc) is 2.79. The molecule has 1 saturated heterocycles. The van der Waals surface area contributed by atoms with Gasteiger partial charge in [0.2, 0.25) is 0 Å². The molecule has 32 heavy (non-hydrogen) atoms. The lowest BCUT2D eigenvalue weighted by Crippen LogP contribution is -2.42. The Morgan fingerprint density at radius 1 is 0.906 bits per heavy atom. The van der Waals surface area contributed by atoms with Crippen molar-refractivity contribution in [2.24, 2.45) is 0 Å². The molecule has 170 valence electrons. The Morgan fingerprint density at radius 2 is 1.56 bits per heavy atom. The van der Waals surface area contributed by atoms with Gasteiger partial charge < -0.3 is 10.0 Å². The number of aryl methyl sites for hydroxylation is 1. The van der Waals surface area contributed by atoms with Crippen LogP contribution in [-0.4, -0.2) is 29.6 Å². The zero-order valence-corrected chi connectivity index (χ0v) is 20.3. The van der Waals surface area contributed by atoms with Crippen molar-refractivity contribution in [1.82, 2.24) is 4.90 Å². The Morgan fingerprint density at radius 3 is 2.22 bits per heavy atom. The molecule has 0 aromatic heterocycles. The molecule has 0 amide bonds. The summed E-state index contributed by atoms with van der Waals surface area (Å²) in [5.41, 5.74) is 4.37. The van der Waals surface area contributed by atoms with Crippen molar-refractivity contribution >= 4 is 24.0 Å². The van der Waals surface area contributed by atoms with Crippen LogP contribution in [0.25, 0.3) is 0 Å². The van der Waals surface area contributed by atoms with Crippen molar-refractivity contribution in [3.8, 4) is 0 Å². The minimum Gasteiger partial charge on any atom is -0.385 e. The second-order valence-electron chi connectivity index (χ2n) is 8.90. The van der Waals surface area contributed by atoms with E-state index in [9.17, 15) is 5.11 Å². The van der Waals surface area contributed by atoms with Gasteiger partial charge in [-0.05, 0) is 68.0 Å². The highest BCUT2D eigenvalue weighted by Gasteiger charge is 2.33. The van der Waals surface area contributed by atoms with E-state index in [-0.39, 0.29) is 12.4 Å². The van der Waals surface area contributed by atoms with Crippen LogP contribution in [0.5, 0.6) is 0 Å². The van der Waals surface area contributed by atoms with E-state index in [1.54, 1.807) is 0 Å². The number of nitrogens with zero attached hydrogens (tertiary/aromatic N) is 1. The predicted octanol–water partition coefficient (Wildman–Crippen LogP) is 6.97. The Kier molecular flexibility index (Phi) is 8.79. The van der Waals surface area contributed by atoms with E-state index in [1.165, 1.54) is 16.7 Å². The Labute approximate surface area is 203 Å². The van der Waals surface area contributed by atoms with Gasteiger partial charge in [0.15, 0.2) is 0 Å². The van der Waals surface area contributed by atoms with E-state index < -0.39 is 5.60 Å². The molecule has 2 nitrogen and oxygen atoms in total. The molecule has 4 rings (SSSR count). The van der Waals surface area contributed by atoms with Gasteiger partial charge in [0.05, 0.1) is 5.60 Å². The highest BCUT2D eigenvalue weighted by Crippen LogP contribution is 2.34.